The van der Waals surface area contributed by atoms with Gasteiger partial charge in [-0.15, -0.1) is 0 Å². The molecule has 3 aliphatic heterocycles. The number of amides is 1. The first-order chi connectivity index (χ1) is 35.8. The predicted molar refractivity (Wildman–Crippen MR) is 277 cm³/mol. The predicted octanol–water partition coefficient (Wildman–Crippen LogP) is 4.21. The van der Waals surface area contributed by atoms with Gasteiger partial charge in [0.15, 0.2) is 18.9 Å². The minimum Gasteiger partial charge on any atom is -0.394 e. The molecule has 74 heavy (non-hydrogen) atoms. The summed E-state index contributed by atoms with van der Waals surface area (Å²) < 4.78 is 34.0. The number of aliphatic hydroxyl groups is 11. The van der Waals surface area contributed by atoms with E-state index < -0.39 is 124 Å². The summed E-state index contributed by atoms with van der Waals surface area (Å²) in [7, 11) is 0. The fourth-order valence-corrected chi connectivity index (χ4v) is 10.0. The molecule has 3 fully saturated rings. The molecule has 1 amide bonds. The van der Waals surface area contributed by atoms with E-state index >= 15 is 0 Å². The Kier molecular flexibility index (Phi) is 35.9. The van der Waals surface area contributed by atoms with Crippen LogP contribution < -0.4 is 5.32 Å². The molecule has 0 aromatic heterocycles. The highest BCUT2D eigenvalue weighted by atomic mass is 16.8. The smallest absolute Gasteiger partial charge is 0.220 e. The van der Waals surface area contributed by atoms with Crippen molar-refractivity contribution in [2.75, 3.05) is 26.4 Å². The van der Waals surface area contributed by atoms with Crippen molar-refractivity contribution in [2.45, 2.75) is 304 Å². The molecule has 0 radical (unpaired) electrons. The molecule has 17 unspecified atom stereocenters. The van der Waals surface area contributed by atoms with Crippen LogP contribution in [-0.2, 0) is 33.2 Å². The van der Waals surface area contributed by atoms with Crippen LogP contribution in [0.5, 0.6) is 0 Å². The van der Waals surface area contributed by atoms with Gasteiger partial charge in [-0.05, 0) is 19.3 Å². The lowest BCUT2D eigenvalue weighted by Gasteiger charge is -2.48. The Hall–Kier alpha value is -1.47. The SMILES string of the molecule is CCCCCCCCCCCCCCCCCCCCCCCCCC/C=C/C(O)C(COC1OC(CO)C(OC2OC(CO)C(OC3OC(CO)C(O)C(O)C3O)C(O)C2O)C(O)C1O)NC(=O)CCCCC. The molecule has 0 aliphatic carbocycles. The van der Waals surface area contributed by atoms with E-state index in [1.807, 2.05) is 13.0 Å². The standard InChI is InChI=1S/C55H103NO18/c1-3-5-7-8-9-10-11-12-13-14-15-16-17-18-19-20-21-22-23-24-25-26-27-28-29-31-32-39(60)38(56-43(61)33-30-6-4-2)37-69-53-49(67)46(64)51(41(35-58)71-53)74-55-50(68)47(65)52(42(36-59)72-55)73-54-48(66)45(63)44(62)40(34-57)70-54/h31-32,38-42,44-55,57-60,62-68H,3-30,33-37H2,1-2H3,(H,56,61)/b32-31+. The number of aliphatic hydroxyl groups excluding tert-OH is 11. The van der Waals surface area contributed by atoms with E-state index in [2.05, 4.69) is 12.2 Å². The summed E-state index contributed by atoms with van der Waals surface area (Å²) in [6.45, 7) is 1.53. The minimum atomic E-state index is -1.97. The van der Waals surface area contributed by atoms with Crippen molar-refractivity contribution in [3.63, 3.8) is 0 Å². The third-order valence-corrected chi connectivity index (χ3v) is 14.8. The average Bonchev–Trinajstić information content (AvgIpc) is 3.39. The number of rotatable bonds is 42. The topological polar surface area (TPSA) is 307 Å². The van der Waals surface area contributed by atoms with Gasteiger partial charge in [0.2, 0.25) is 5.91 Å². The van der Waals surface area contributed by atoms with Crippen molar-refractivity contribution in [1.29, 1.82) is 0 Å². The lowest BCUT2D eigenvalue weighted by Crippen LogP contribution is -2.66. The molecule has 17 atom stereocenters. The lowest BCUT2D eigenvalue weighted by atomic mass is 9.96. The summed E-state index contributed by atoms with van der Waals surface area (Å²) in [6, 6.07) is -0.963. The summed E-state index contributed by atoms with van der Waals surface area (Å²) in [5, 5.41) is 119. The molecule has 0 saturated carbocycles. The second-order valence-corrected chi connectivity index (χ2v) is 21.1. The number of nitrogens with one attached hydrogen (secondary N) is 1. The Morgan fingerprint density at radius 2 is 0.838 bits per heavy atom. The number of hydrogen-bond donors (Lipinski definition) is 12. The minimum absolute atomic E-state index is 0.231. The highest BCUT2D eigenvalue weighted by Crippen LogP contribution is 2.33. The number of carbonyl (C=O) groups is 1. The van der Waals surface area contributed by atoms with Gasteiger partial charge in [0.25, 0.3) is 0 Å². The van der Waals surface area contributed by atoms with Gasteiger partial charge in [-0.3, -0.25) is 4.79 Å². The van der Waals surface area contributed by atoms with E-state index in [9.17, 15) is 61.0 Å². The molecule has 0 spiro atoms. The molecule has 0 aromatic rings. The first kappa shape index (κ1) is 66.8. The van der Waals surface area contributed by atoms with Crippen LogP contribution in [0, 0.1) is 0 Å². The Morgan fingerprint density at radius 1 is 0.473 bits per heavy atom. The Morgan fingerprint density at radius 3 is 1.27 bits per heavy atom. The van der Waals surface area contributed by atoms with Gasteiger partial charge in [0, 0.05) is 6.42 Å². The molecular formula is C55H103NO18. The van der Waals surface area contributed by atoms with E-state index in [4.69, 9.17) is 28.4 Å². The summed E-state index contributed by atoms with van der Waals surface area (Å²) in [4.78, 5) is 12.9. The van der Waals surface area contributed by atoms with Crippen LogP contribution in [0.15, 0.2) is 12.2 Å². The zero-order valence-electron chi connectivity index (χ0n) is 45.1. The van der Waals surface area contributed by atoms with E-state index in [1.165, 1.54) is 135 Å². The molecule has 0 aromatic carbocycles. The molecular weight excluding hydrogens is 963 g/mol. The molecule has 19 nitrogen and oxygen atoms in total. The van der Waals surface area contributed by atoms with E-state index in [-0.39, 0.29) is 18.9 Å². The molecule has 3 rings (SSSR count). The molecule has 12 N–H and O–H groups in total. The second kappa shape index (κ2) is 39.8. The van der Waals surface area contributed by atoms with Crippen molar-refractivity contribution in [3.05, 3.63) is 12.2 Å². The first-order valence-electron chi connectivity index (χ1n) is 28.9. The average molecular weight is 1070 g/mol. The van der Waals surface area contributed by atoms with Gasteiger partial charge in [-0.25, -0.2) is 0 Å². The van der Waals surface area contributed by atoms with Crippen LogP contribution in [0.3, 0.4) is 0 Å². The molecule has 19 heteroatoms. The number of unbranched alkanes of at least 4 members (excludes halogenated alkanes) is 26. The van der Waals surface area contributed by atoms with Crippen LogP contribution >= 0.6 is 0 Å². The van der Waals surface area contributed by atoms with Gasteiger partial charge in [-0.1, -0.05) is 187 Å². The summed E-state index contributed by atoms with van der Waals surface area (Å²) in [5.74, 6) is -0.299. The van der Waals surface area contributed by atoms with Crippen molar-refractivity contribution < 1.29 is 89.4 Å². The fraction of sp³-hybridized carbons (Fsp3) is 0.945. The Balaban J connectivity index is 1.36. The van der Waals surface area contributed by atoms with Crippen LogP contribution in [0.1, 0.15) is 200 Å². The molecule has 3 saturated heterocycles. The fourth-order valence-electron chi connectivity index (χ4n) is 10.0. The maximum Gasteiger partial charge on any atom is 0.220 e. The van der Waals surface area contributed by atoms with Crippen molar-refractivity contribution >= 4 is 5.91 Å². The number of ether oxygens (including phenoxy) is 6. The molecule has 436 valence electrons. The first-order valence-corrected chi connectivity index (χ1v) is 28.9. The van der Waals surface area contributed by atoms with Gasteiger partial charge >= 0.3 is 0 Å². The van der Waals surface area contributed by atoms with Crippen LogP contribution in [0.2, 0.25) is 0 Å². The summed E-state index contributed by atoms with van der Waals surface area (Å²) >= 11 is 0. The third kappa shape index (κ3) is 24.3. The summed E-state index contributed by atoms with van der Waals surface area (Å²) in [5.41, 5.74) is 0. The van der Waals surface area contributed by atoms with E-state index in [0.29, 0.717) is 6.42 Å². The molecule has 0 bridgehead atoms. The quantitative estimate of drug-likeness (QED) is 0.0301. The zero-order chi connectivity index (χ0) is 54.1. The third-order valence-electron chi connectivity index (χ3n) is 14.8. The van der Waals surface area contributed by atoms with Crippen molar-refractivity contribution in [3.8, 4) is 0 Å². The maximum absolute atomic E-state index is 12.9. The zero-order valence-corrected chi connectivity index (χ0v) is 45.1. The second-order valence-electron chi connectivity index (χ2n) is 21.1. The maximum atomic E-state index is 12.9. The van der Waals surface area contributed by atoms with Crippen LogP contribution in [0.25, 0.3) is 0 Å². The monoisotopic (exact) mass is 1070 g/mol. The van der Waals surface area contributed by atoms with Gasteiger partial charge in [0.1, 0.15) is 73.2 Å². The number of allylic oxidation sites excluding steroid dienone is 1. The highest BCUT2D eigenvalue weighted by Gasteiger charge is 2.53. The van der Waals surface area contributed by atoms with Crippen molar-refractivity contribution in [2.24, 2.45) is 0 Å². The normalized spacial score (nSPS) is 31.5. The summed E-state index contributed by atoms with van der Waals surface area (Å²) in [6.07, 6.45) is 12.0. The Bertz CT molecular complexity index is 1410. The lowest BCUT2D eigenvalue weighted by molar-refractivity contribution is -0.379. The number of carbonyl (C=O) groups excluding carboxylic acids is 1. The highest BCUT2D eigenvalue weighted by molar-refractivity contribution is 5.76. The largest absolute Gasteiger partial charge is 0.394 e. The van der Waals surface area contributed by atoms with Gasteiger partial charge < -0.3 is 89.9 Å². The van der Waals surface area contributed by atoms with Crippen LogP contribution in [-0.4, -0.2) is 193 Å². The molecule has 3 heterocycles. The number of hydrogen-bond acceptors (Lipinski definition) is 18. The van der Waals surface area contributed by atoms with Gasteiger partial charge in [0.05, 0.1) is 38.6 Å². The van der Waals surface area contributed by atoms with E-state index in [1.54, 1.807) is 6.08 Å². The van der Waals surface area contributed by atoms with E-state index in [0.717, 1.165) is 38.5 Å². The molecule has 3 aliphatic rings. The Labute approximate surface area is 442 Å². The van der Waals surface area contributed by atoms with Crippen molar-refractivity contribution in [1.82, 2.24) is 5.32 Å². The van der Waals surface area contributed by atoms with Gasteiger partial charge in [-0.2, -0.15) is 0 Å². The van der Waals surface area contributed by atoms with Crippen LogP contribution in [0.4, 0.5) is 0 Å².